The average Bonchev–Trinajstić information content (AvgIpc) is 2.73. The van der Waals surface area contributed by atoms with Crippen LogP contribution >= 0.6 is 11.6 Å². The van der Waals surface area contributed by atoms with Crippen molar-refractivity contribution in [1.82, 2.24) is 9.97 Å². The number of nitrogens with one attached hydrogen (secondary N) is 1. The number of aromatic nitrogens is 2. The van der Waals surface area contributed by atoms with E-state index in [2.05, 4.69) is 15.3 Å². The number of carbonyl (C=O) groups is 2. The number of benzene rings is 2. The minimum absolute atomic E-state index is 0.108. The van der Waals surface area contributed by atoms with E-state index in [-0.39, 0.29) is 16.4 Å². The Hall–Kier alpha value is -3.46. The van der Waals surface area contributed by atoms with Crippen LogP contribution < -0.4 is 5.32 Å². The van der Waals surface area contributed by atoms with E-state index in [0.717, 1.165) is 12.1 Å². The van der Waals surface area contributed by atoms with Gasteiger partial charge in [-0.15, -0.1) is 0 Å². The molecule has 0 radical (unpaired) electrons. The molecule has 3 aromatic rings. The third-order valence-corrected chi connectivity index (χ3v) is 4.44. The zero-order valence-electron chi connectivity index (χ0n) is 16.0. The van der Waals surface area contributed by atoms with Gasteiger partial charge in [0.15, 0.2) is 5.69 Å². The van der Waals surface area contributed by atoms with E-state index in [0.29, 0.717) is 17.3 Å². The number of hydrogen-bond donors (Lipinski definition) is 1. The van der Waals surface area contributed by atoms with E-state index < -0.39 is 29.7 Å². The van der Waals surface area contributed by atoms with E-state index in [1.807, 2.05) is 0 Å². The van der Waals surface area contributed by atoms with Crippen molar-refractivity contribution in [3.05, 3.63) is 88.5 Å². The molecule has 2 aromatic carbocycles. The maximum absolute atomic E-state index is 13.0. The largest absolute Gasteiger partial charge is 0.443 e. The smallest absolute Gasteiger partial charge is 0.416 e. The molecule has 10 heteroatoms. The number of rotatable bonds is 5. The van der Waals surface area contributed by atoms with Crippen LogP contribution in [0.1, 0.15) is 33.4 Å². The van der Waals surface area contributed by atoms with Crippen LogP contribution in [0.4, 0.5) is 18.9 Å². The molecular formula is C21H15ClF3N3O3. The second-order valence-electron chi connectivity index (χ2n) is 6.42. The third kappa shape index (κ3) is 5.58. The van der Waals surface area contributed by atoms with Gasteiger partial charge in [-0.3, -0.25) is 9.78 Å². The zero-order chi connectivity index (χ0) is 22.6. The summed E-state index contributed by atoms with van der Waals surface area (Å²) < 4.78 is 44.3. The van der Waals surface area contributed by atoms with Gasteiger partial charge in [0.05, 0.1) is 28.2 Å². The summed E-state index contributed by atoms with van der Waals surface area (Å²) >= 11 is 5.95. The van der Waals surface area contributed by atoms with Crippen LogP contribution in [0.5, 0.6) is 0 Å². The van der Waals surface area contributed by atoms with Crippen molar-refractivity contribution >= 4 is 29.2 Å². The van der Waals surface area contributed by atoms with Crippen molar-refractivity contribution in [2.75, 3.05) is 5.32 Å². The molecule has 0 saturated carbocycles. The van der Waals surface area contributed by atoms with Gasteiger partial charge in [0.2, 0.25) is 6.10 Å². The van der Waals surface area contributed by atoms with E-state index in [1.54, 1.807) is 25.1 Å². The van der Waals surface area contributed by atoms with Gasteiger partial charge < -0.3 is 10.1 Å². The van der Waals surface area contributed by atoms with Crippen molar-refractivity contribution in [2.24, 2.45) is 0 Å². The zero-order valence-corrected chi connectivity index (χ0v) is 16.7. The molecule has 0 aliphatic heterocycles. The highest BCUT2D eigenvalue weighted by atomic mass is 35.5. The van der Waals surface area contributed by atoms with Crippen molar-refractivity contribution in [3.8, 4) is 0 Å². The van der Waals surface area contributed by atoms with Crippen LogP contribution in [0.25, 0.3) is 0 Å². The maximum Gasteiger partial charge on any atom is 0.416 e. The van der Waals surface area contributed by atoms with Gasteiger partial charge in [0.1, 0.15) is 0 Å². The number of nitrogens with zero attached hydrogens (tertiary/aromatic N) is 2. The molecule has 1 N–H and O–H groups in total. The summed E-state index contributed by atoms with van der Waals surface area (Å²) in [5.41, 5.74) is -0.509. The predicted molar refractivity (Wildman–Crippen MR) is 106 cm³/mol. The first-order valence-electron chi connectivity index (χ1n) is 8.87. The number of carbonyl (C=O) groups excluding carboxylic acids is 2. The van der Waals surface area contributed by atoms with Crippen LogP contribution in [0.3, 0.4) is 0 Å². The monoisotopic (exact) mass is 449 g/mol. The number of hydrogen-bond acceptors (Lipinski definition) is 5. The van der Waals surface area contributed by atoms with Crippen molar-refractivity contribution in [3.63, 3.8) is 0 Å². The predicted octanol–water partition coefficient (Wildman–Crippen LogP) is 4.99. The molecule has 6 nitrogen and oxygen atoms in total. The van der Waals surface area contributed by atoms with Gasteiger partial charge in [-0.2, -0.15) is 13.2 Å². The minimum Gasteiger partial charge on any atom is -0.443 e. The SMILES string of the molecule is Cc1cnc(C(=O)O[C@@H](C(=O)Nc2cc(C(F)(F)F)ccc2Cl)c2ccccc2)cn1. The number of halogens is 4. The Morgan fingerprint density at radius 2 is 1.77 bits per heavy atom. The number of esters is 1. The first-order chi connectivity index (χ1) is 14.6. The van der Waals surface area contributed by atoms with Gasteiger partial charge in [0.25, 0.3) is 5.91 Å². The van der Waals surface area contributed by atoms with Gasteiger partial charge in [-0.05, 0) is 25.1 Å². The standard InChI is InChI=1S/C21H15ClF3N3O3/c1-12-10-27-17(11-26-12)20(30)31-18(13-5-3-2-4-6-13)19(29)28-16-9-14(21(23,24)25)7-8-15(16)22/h2-11,18H,1H3,(H,28,29)/t18-/m1/s1. The quantitative estimate of drug-likeness (QED) is 0.555. The van der Waals surface area contributed by atoms with Crippen molar-refractivity contribution in [1.29, 1.82) is 0 Å². The number of ether oxygens (including phenoxy) is 1. The Morgan fingerprint density at radius 3 is 2.39 bits per heavy atom. The van der Waals surface area contributed by atoms with Gasteiger partial charge >= 0.3 is 12.1 Å². The Balaban J connectivity index is 1.89. The lowest BCUT2D eigenvalue weighted by atomic mass is 10.1. The molecule has 1 aromatic heterocycles. The summed E-state index contributed by atoms with van der Waals surface area (Å²) in [6.45, 7) is 1.68. The second kappa shape index (κ2) is 9.13. The van der Waals surface area contributed by atoms with E-state index in [4.69, 9.17) is 16.3 Å². The Labute approximate surface area is 180 Å². The molecular weight excluding hydrogens is 435 g/mol. The molecule has 0 unspecified atom stereocenters. The number of alkyl halides is 3. The van der Waals surface area contributed by atoms with E-state index in [1.165, 1.54) is 24.5 Å². The van der Waals surface area contributed by atoms with Crippen LogP contribution in [-0.2, 0) is 15.7 Å². The molecule has 1 amide bonds. The van der Waals surface area contributed by atoms with Crippen LogP contribution in [-0.4, -0.2) is 21.8 Å². The first kappa shape index (κ1) is 22.2. The van der Waals surface area contributed by atoms with Crippen molar-refractivity contribution in [2.45, 2.75) is 19.2 Å². The topological polar surface area (TPSA) is 81.2 Å². The van der Waals surface area contributed by atoms with E-state index >= 15 is 0 Å². The Bertz CT molecular complexity index is 1090. The lowest BCUT2D eigenvalue weighted by Crippen LogP contribution is -2.26. The minimum atomic E-state index is -4.63. The molecule has 1 atom stereocenters. The third-order valence-electron chi connectivity index (χ3n) is 4.11. The van der Waals surface area contributed by atoms with Gasteiger partial charge in [0, 0.05) is 11.8 Å². The summed E-state index contributed by atoms with van der Waals surface area (Å²) in [7, 11) is 0. The summed E-state index contributed by atoms with van der Waals surface area (Å²) in [4.78, 5) is 33.2. The molecule has 0 fully saturated rings. The normalized spacial score (nSPS) is 12.2. The van der Waals surface area contributed by atoms with Crippen molar-refractivity contribution < 1.29 is 27.5 Å². The molecule has 3 rings (SSSR count). The molecule has 31 heavy (non-hydrogen) atoms. The van der Waals surface area contributed by atoms with Crippen LogP contribution in [0, 0.1) is 6.92 Å². The maximum atomic E-state index is 13.0. The van der Waals surface area contributed by atoms with Crippen LogP contribution in [0.2, 0.25) is 5.02 Å². The summed E-state index contributed by atoms with van der Waals surface area (Å²) in [5.74, 6) is -1.81. The molecule has 0 aliphatic carbocycles. The Morgan fingerprint density at radius 1 is 1.06 bits per heavy atom. The highest BCUT2D eigenvalue weighted by Crippen LogP contribution is 2.34. The second-order valence-corrected chi connectivity index (χ2v) is 6.83. The molecule has 0 saturated heterocycles. The van der Waals surface area contributed by atoms with E-state index in [9.17, 15) is 22.8 Å². The number of aryl methyl sites for hydroxylation is 1. The number of amides is 1. The average molecular weight is 450 g/mol. The molecule has 160 valence electrons. The lowest BCUT2D eigenvalue weighted by Gasteiger charge is -2.19. The molecule has 1 heterocycles. The summed E-state index contributed by atoms with van der Waals surface area (Å²) in [6, 6.07) is 10.5. The first-order valence-corrected chi connectivity index (χ1v) is 9.25. The lowest BCUT2D eigenvalue weighted by molar-refractivity contribution is -0.137. The summed E-state index contributed by atoms with van der Waals surface area (Å²) in [6.07, 6.45) is -3.54. The summed E-state index contributed by atoms with van der Waals surface area (Å²) in [5, 5.41) is 2.20. The van der Waals surface area contributed by atoms with Gasteiger partial charge in [-0.25, -0.2) is 9.78 Å². The molecule has 0 spiro atoms. The fourth-order valence-corrected chi connectivity index (χ4v) is 2.73. The van der Waals surface area contributed by atoms with Gasteiger partial charge in [-0.1, -0.05) is 41.9 Å². The fraction of sp³-hybridized carbons (Fsp3) is 0.143. The Kier molecular flexibility index (Phi) is 6.55. The number of anilines is 1. The highest BCUT2D eigenvalue weighted by Gasteiger charge is 2.32. The molecule has 0 bridgehead atoms. The fourth-order valence-electron chi connectivity index (χ4n) is 2.56. The molecule has 0 aliphatic rings. The highest BCUT2D eigenvalue weighted by molar-refractivity contribution is 6.33. The van der Waals surface area contributed by atoms with Crippen LogP contribution in [0.15, 0.2) is 60.9 Å².